The molecular weight excluding hydrogens is 307 g/mol. The predicted octanol–water partition coefficient (Wildman–Crippen LogP) is 2.34. The van der Waals surface area contributed by atoms with Gasteiger partial charge in [-0.2, -0.15) is 18.4 Å². The van der Waals surface area contributed by atoms with Gasteiger partial charge in [-0.1, -0.05) is 0 Å². The Labute approximate surface area is 123 Å². The number of aliphatic carboxylic acids is 1. The fourth-order valence-corrected chi connectivity index (χ4v) is 1.63. The van der Waals surface area contributed by atoms with Gasteiger partial charge in [0.1, 0.15) is 0 Å². The summed E-state index contributed by atoms with van der Waals surface area (Å²) in [6.45, 7) is 0.0452. The second-order valence-electron chi connectivity index (χ2n) is 3.89. The van der Waals surface area contributed by atoms with Gasteiger partial charge in [0, 0.05) is 12.2 Å². The molecule has 0 spiro atoms. The number of carbonyl (C=O) groups is 1. The number of nitrogens with zero attached hydrogens (tertiary/aromatic N) is 1. The molecule has 3 N–H and O–H groups in total. The molecule has 0 saturated heterocycles. The summed E-state index contributed by atoms with van der Waals surface area (Å²) in [6.07, 6.45) is -4.83. The summed E-state index contributed by atoms with van der Waals surface area (Å²) in [6, 6.07) is 4.54. The van der Waals surface area contributed by atoms with E-state index in [1.807, 2.05) is 0 Å². The number of benzene rings is 1. The zero-order valence-electron chi connectivity index (χ0n) is 10.5. The van der Waals surface area contributed by atoms with Gasteiger partial charge in [-0.25, -0.2) is 0 Å². The molecule has 1 rings (SSSR count). The molecule has 5 nitrogen and oxygen atoms in total. The fraction of sp³-hybridized carbons (Fsp3) is 0.250. The number of carboxylic acids is 1. The summed E-state index contributed by atoms with van der Waals surface area (Å²) in [5.41, 5.74) is -1.50. The van der Waals surface area contributed by atoms with Crippen molar-refractivity contribution in [2.75, 3.05) is 11.9 Å². The summed E-state index contributed by atoms with van der Waals surface area (Å²) in [5.74, 6) is -1.02. The number of alkyl halides is 3. The second-order valence-corrected chi connectivity index (χ2v) is 4.30. The van der Waals surface area contributed by atoms with Crippen LogP contribution in [0.1, 0.15) is 17.5 Å². The van der Waals surface area contributed by atoms with Gasteiger partial charge in [0.05, 0.1) is 23.6 Å². The highest BCUT2D eigenvalue weighted by atomic mass is 32.1. The van der Waals surface area contributed by atoms with Crippen molar-refractivity contribution in [1.29, 1.82) is 5.26 Å². The maximum atomic E-state index is 12.8. The van der Waals surface area contributed by atoms with E-state index in [0.717, 1.165) is 12.1 Å². The van der Waals surface area contributed by atoms with E-state index in [0.29, 0.717) is 0 Å². The van der Waals surface area contributed by atoms with Gasteiger partial charge >= 0.3 is 12.1 Å². The van der Waals surface area contributed by atoms with Crippen molar-refractivity contribution in [3.8, 4) is 6.07 Å². The topological polar surface area (TPSA) is 85.2 Å². The minimum Gasteiger partial charge on any atom is -0.481 e. The molecule has 0 aliphatic rings. The predicted molar refractivity (Wildman–Crippen MR) is 72.6 cm³/mol. The van der Waals surface area contributed by atoms with Crippen LogP contribution in [0.15, 0.2) is 18.2 Å². The van der Waals surface area contributed by atoms with Crippen LogP contribution in [0.2, 0.25) is 0 Å². The Bertz CT molecular complexity index is 596. The third-order valence-electron chi connectivity index (χ3n) is 2.33. The average Bonchev–Trinajstić information content (AvgIpc) is 2.37. The molecular formula is C12H10F3N3O2S. The summed E-state index contributed by atoms with van der Waals surface area (Å²) < 4.78 is 38.3. The zero-order valence-corrected chi connectivity index (χ0v) is 11.3. The molecule has 0 unspecified atom stereocenters. The average molecular weight is 317 g/mol. The van der Waals surface area contributed by atoms with E-state index in [4.69, 9.17) is 22.6 Å². The number of nitriles is 1. The van der Waals surface area contributed by atoms with E-state index in [1.54, 1.807) is 0 Å². The fourth-order valence-electron chi connectivity index (χ4n) is 1.41. The van der Waals surface area contributed by atoms with Gasteiger partial charge in [-0.05, 0) is 30.4 Å². The zero-order chi connectivity index (χ0) is 16.0. The van der Waals surface area contributed by atoms with Crippen molar-refractivity contribution < 1.29 is 23.1 Å². The van der Waals surface area contributed by atoms with Crippen LogP contribution in [0.3, 0.4) is 0 Å². The molecule has 21 heavy (non-hydrogen) atoms. The van der Waals surface area contributed by atoms with Crippen LogP contribution in [0.25, 0.3) is 0 Å². The van der Waals surface area contributed by atoms with E-state index in [-0.39, 0.29) is 23.8 Å². The Morgan fingerprint density at radius 3 is 2.62 bits per heavy atom. The summed E-state index contributed by atoms with van der Waals surface area (Å²) >= 11 is 4.82. The highest BCUT2D eigenvalue weighted by Gasteiger charge is 2.33. The lowest BCUT2D eigenvalue weighted by molar-refractivity contribution is -0.138. The first-order valence-corrected chi connectivity index (χ1v) is 6.03. The molecule has 112 valence electrons. The van der Waals surface area contributed by atoms with E-state index in [2.05, 4.69) is 10.6 Å². The first kappa shape index (κ1) is 16.7. The molecule has 0 aliphatic carbocycles. The van der Waals surface area contributed by atoms with Crippen molar-refractivity contribution in [3.63, 3.8) is 0 Å². The number of carboxylic acid groups (broad SMARTS) is 1. The molecule has 0 amide bonds. The molecule has 9 heteroatoms. The number of anilines is 1. The van der Waals surface area contributed by atoms with Gasteiger partial charge in [-0.15, -0.1) is 0 Å². The maximum Gasteiger partial charge on any atom is 0.417 e. The van der Waals surface area contributed by atoms with E-state index in [1.165, 1.54) is 12.1 Å². The molecule has 0 atom stereocenters. The van der Waals surface area contributed by atoms with Crippen LogP contribution in [0.5, 0.6) is 0 Å². The van der Waals surface area contributed by atoms with Crippen LogP contribution in [-0.2, 0) is 11.0 Å². The molecule has 0 bridgehead atoms. The third kappa shape index (κ3) is 5.27. The van der Waals surface area contributed by atoms with Crippen LogP contribution in [-0.4, -0.2) is 22.7 Å². The smallest absolute Gasteiger partial charge is 0.417 e. The standard InChI is InChI=1S/C12H10F3N3O2S/c13-12(14,15)9-5-8(2-1-7(9)6-16)18-11(21)17-4-3-10(19)20/h1-2,5H,3-4H2,(H,19,20)(H2,17,18,21). The van der Waals surface area contributed by atoms with Crippen LogP contribution >= 0.6 is 12.2 Å². The van der Waals surface area contributed by atoms with Gasteiger partial charge in [0.15, 0.2) is 5.11 Å². The number of halogens is 3. The van der Waals surface area contributed by atoms with Crippen LogP contribution in [0.4, 0.5) is 18.9 Å². The number of rotatable bonds is 4. The summed E-state index contributed by atoms with van der Waals surface area (Å²) in [5, 5.41) is 22.1. The maximum absolute atomic E-state index is 12.8. The highest BCUT2D eigenvalue weighted by Crippen LogP contribution is 2.33. The largest absolute Gasteiger partial charge is 0.481 e. The molecule has 0 radical (unpaired) electrons. The molecule has 0 saturated carbocycles. The van der Waals surface area contributed by atoms with Crippen molar-refractivity contribution in [1.82, 2.24) is 5.32 Å². The Morgan fingerprint density at radius 2 is 2.10 bits per heavy atom. The molecule has 0 heterocycles. The Morgan fingerprint density at radius 1 is 1.43 bits per heavy atom. The molecule has 0 aliphatic heterocycles. The number of thiocarbonyl (C=S) groups is 1. The summed E-state index contributed by atoms with van der Waals surface area (Å²) in [7, 11) is 0. The monoisotopic (exact) mass is 317 g/mol. The van der Waals surface area contributed by atoms with Gasteiger partial charge < -0.3 is 15.7 Å². The third-order valence-corrected chi connectivity index (χ3v) is 2.57. The minimum atomic E-state index is -4.65. The Kier molecular flexibility index (Phi) is 5.49. The van der Waals surface area contributed by atoms with Crippen LogP contribution in [0, 0.1) is 11.3 Å². The molecule has 0 aromatic heterocycles. The van der Waals surface area contributed by atoms with Crippen LogP contribution < -0.4 is 10.6 Å². The Balaban J connectivity index is 2.79. The van der Waals surface area contributed by atoms with Gasteiger partial charge in [-0.3, -0.25) is 4.79 Å². The first-order chi connectivity index (χ1) is 9.74. The SMILES string of the molecule is N#Cc1ccc(NC(=S)NCCC(=O)O)cc1C(F)(F)F. The second kappa shape index (κ2) is 6.90. The number of hydrogen-bond acceptors (Lipinski definition) is 3. The quantitative estimate of drug-likeness (QED) is 0.739. The van der Waals surface area contributed by atoms with Crippen molar-refractivity contribution in [2.24, 2.45) is 0 Å². The number of nitrogens with one attached hydrogen (secondary N) is 2. The first-order valence-electron chi connectivity index (χ1n) is 5.62. The molecule has 1 aromatic rings. The lowest BCUT2D eigenvalue weighted by Crippen LogP contribution is -2.30. The van der Waals surface area contributed by atoms with E-state index >= 15 is 0 Å². The minimum absolute atomic E-state index is 0.00548. The summed E-state index contributed by atoms with van der Waals surface area (Å²) in [4.78, 5) is 10.3. The van der Waals surface area contributed by atoms with Crippen molar-refractivity contribution in [2.45, 2.75) is 12.6 Å². The lowest BCUT2D eigenvalue weighted by atomic mass is 10.1. The highest BCUT2D eigenvalue weighted by molar-refractivity contribution is 7.80. The van der Waals surface area contributed by atoms with E-state index < -0.39 is 23.3 Å². The van der Waals surface area contributed by atoms with Crippen molar-refractivity contribution in [3.05, 3.63) is 29.3 Å². The van der Waals surface area contributed by atoms with Gasteiger partial charge in [0.2, 0.25) is 0 Å². The lowest BCUT2D eigenvalue weighted by Gasteiger charge is -2.13. The molecule has 0 fully saturated rings. The Hall–Kier alpha value is -2.34. The van der Waals surface area contributed by atoms with Crippen molar-refractivity contribution >= 4 is 29.0 Å². The normalized spacial score (nSPS) is 10.6. The number of hydrogen-bond donors (Lipinski definition) is 3. The van der Waals surface area contributed by atoms with Gasteiger partial charge in [0.25, 0.3) is 0 Å². The molecule has 1 aromatic carbocycles. The van der Waals surface area contributed by atoms with E-state index in [9.17, 15) is 18.0 Å².